The molecule has 0 bridgehead atoms. The molecule has 9 heteroatoms. The molecule has 1 atom stereocenters. The molecule has 0 aliphatic heterocycles. The van der Waals surface area contributed by atoms with Crippen LogP contribution < -0.4 is 4.72 Å². The molecule has 1 aromatic heterocycles. The summed E-state index contributed by atoms with van der Waals surface area (Å²) < 4.78 is 67.5. The fourth-order valence-corrected chi connectivity index (χ4v) is 6.18. The van der Waals surface area contributed by atoms with E-state index in [4.69, 9.17) is 0 Å². The van der Waals surface area contributed by atoms with E-state index in [1.54, 1.807) is 23.6 Å². The summed E-state index contributed by atoms with van der Waals surface area (Å²) >= 11 is 1.16. The fraction of sp³-hybridized carbons (Fsp3) is 0.273. The third-order valence-corrected chi connectivity index (χ3v) is 8.18. The Morgan fingerprint density at radius 3 is 2.52 bits per heavy atom. The summed E-state index contributed by atoms with van der Waals surface area (Å²) in [6.45, 7) is -0.465. The van der Waals surface area contributed by atoms with E-state index >= 15 is 0 Å². The summed E-state index contributed by atoms with van der Waals surface area (Å²) in [5.41, 5.74) is 2.62. The lowest BCUT2D eigenvalue weighted by molar-refractivity contribution is -0.137. The topological polar surface area (TPSA) is 66.4 Å². The van der Waals surface area contributed by atoms with Crippen LogP contribution in [0.3, 0.4) is 0 Å². The summed E-state index contributed by atoms with van der Waals surface area (Å²) in [5.74, 6) is 0. The van der Waals surface area contributed by atoms with Crippen molar-refractivity contribution in [2.75, 3.05) is 0 Å². The maximum atomic E-state index is 13.1. The van der Waals surface area contributed by atoms with E-state index in [9.17, 15) is 26.7 Å². The van der Waals surface area contributed by atoms with Crippen molar-refractivity contribution >= 4 is 21.4 Å². The number of benzene rings is 2. The number of alkyl halides is 3. The highest BCUT2D eigenvalue weighted by molar-refractivity contribution is 7.91. The summed E-state index contributed by atoms with van der Waals surface area (Å²) in [5, 5.41) is 11.0. The largest absolute Gasteiger partial charge is 0.416 e. The summed E-state index contributed by atoms with van der Waals surface area (Å²) in [6, 6.07) is 12.1. The standard InChI is InChI=1S/C22H20F3NO3S2/c23-22(24,25)18-11-15(9-16(12-18)13-27)8-14-3-5-19-17(10-14)4-6-20(19)26-31(28,29)21-2-1-7-30-21/h1-3,5,7,9-12,20,26-27H,4,6,8,13H2. The SMILES string of the molecule is O=S(=O)(NC1CCc2cc(Cc3cc(CO)cc(C(F)(F)F)c3)ccc21)c1cccs1. The highest BCUT2D eigenvalue weighted by Crippen LogP contribution is 2.35. The number of hydrogen-bond donors (Lipinski definition) is 2. The Hall–Kier alpha value is -2.20. The van der Waals surface area contributed by atoms with E-state index < -0.39 is 28.4 Å². The Balaban J connectivity index is 1.55. The van der Waals surface area contributed by atoms with Gasteiger partial charge in [0.15, 0.2) is 0 Å². The van der Waals surface area contributed by atoms with Crippen LogP contribution in [0.2, 0.25) is 0 Å². The summed E-state index contributed by atoms with van der Waals surface area (Å²) in [7, 11) is -3.59. The second-order valence-electron chi connectivity index (χ2n) is 7.55. The van der Waals surface area contributed by atoms with Crippen LogP contribution in [0.4, 0.5) is 13.2 Å². The van der Waals surface area contributed by atoms with E-state index in [1.165, 1.54) is 0 Å². The van der Waals surface area contributed by atoms with Crippen molar-refractivity contribution in [3.8, 4) is 0 Å². The van der Waals surface area contributed by atoms with Crippen molar-refractivity contribution in [1.82, 2.24) is 4.72 Å². The average Bonchev–Trinajstić information content (AvgIpc) is 3.38. The highest BCUT2D eigenvalue weighted by Gasteiger charge is 2.31. The lowest BCUT2D eigenvalue weighted by Gasteiger charge is -2.15. The Labute approximate surface area is 182 Å². The lowest BCUT2D eigenvalue weighted by atomic mass is 9.97. The molecule has 1 unspecified atom stereocenters. The second kappa shape index (κ2) is 8.38. The molecule has 2 N–H and O–H groups in total. The predicted molar refractivity (Wildman–Crippen MR) is 112 cm³/mol. The number of halogens is 3. The van der Waals surface area contributed by atoms with Gasteiger partial charge < -0.3 is 5.11 Å². The molecular formula is C22H20F3NO3S2. The minimum Gasteiger partial charge on any atom is -0.392 e. The molecule has 1 aliphatic rings. The molecule has 0 saturated carbocycles. The first kappa shape index (κ1) is 22.0. The lowest BCUT2D eigenvalue weighted by Crippen LogP contribution is -2.26. The Morgan fingerprint density at radius 2 is 1.84 bits per heavy atom. The molecule has 2 aromatic carbocycles. The van der Waals surface area contributed by atoms with Gasteiger partial charge in [-0.3, -0.25) is 0 Å². The zero-order valence-electron chi connectivity index (χ0n) is 16.3. The third kappa shape index (κ3) is 4.85. The van der Waals surface area contributed by atoms with Gasteiger partial charge in [0, 0.05) is 6.04 Å². The van der Waals surface area contributed by atoms with Crippen molar-refractivity contribution in [3.05, 3.63) is 87.3 Å². The molecule has 0 radical (unpaired) electrons. The van der Waals surface area contributed by atoms with Gasteiger partial charge in [0.05, 0.1) is 12.2 Å². The molecule has 1 heterocycles. The zero-order valence-corrected chi connectivity index (χ0v) is 17.9. The number of hydrogen-bond acceptors (Lipinski definition) is 4. The number of aliphatic hydroxyl groups excluding tert-OH is 1. The maximum absolute atomic E-state index is 13.1. The van der Waals surface area contributed by atoms with Crippen LogP contribution in [-0.4, -0.2) is 13.5 Å². The van der Waals surface area contributed by atoms with E-state index in [0.29, 0.717) is 18.4 Å². The van der Waals surface area contributed by atoms with Gasteiger partial charge in [0.2, 0.25) is 0 Å². The smallest absolute Gasteiger partial charge is 0.392 e. The van der Waals surface area contributed by atoms with Gasteiger partial charge in [0.25, 0.3) is 10.0 Å². The van der Waals surface area contributed by atoms with Gasteiger partial charge in [-0.15, -0.1) is 11.3 Å². The molecule has 4 rings (SSSR count). The number of aryl methyl sites for hydroxylation is 1. The first-order valence-electron chi connectivity index (χ1n) is 9.64. The Bertz CT molecular complexity index is 1190. The van der Waals surface area contributed by atoms with Gasteiger partial charge in [-0.25, -0.2) is 13.1 Å². The van der Waals surface area contributed by atoms with Crippen molar-refractivity contribution < 1.29 is 26.7 Å². The number of nitrogens with one attached hydrogen (secondary N) is 1. The number of fused-ring (bicyclic) bond motifs is 1. The molecule has 0 saturated heterocycles. The highest BCUT2D eigenvalue weighted by atomic mass is 32.2. The molecule has 0 amide bonds. The van der Waals surface area contributed by atoms with Gasteiger partial charge in [-0.05, 0) is 70.7 Å². The van der Waals surface area contributed by atoms with Crippen LogP contribution in [0, 0.1) is 0 Å². The number of rotatable bonds is 6. The first-order chi connectivity index (χ1) is 14.7. The summed E-state index contributed by atoms with van der Waals surface area (Å²) in [4.78, 5) is 0. The van der Waals surface area contributed by atoms with Gasteiger partial charge in [-0.1, -0.05) is 30.3 Å². The van der Waals surface area contributed by atoms with Crippen molar-refractivity contribution in [1.29, 1.82) is 0 Å². The minimum atomic E-state index is -4.48. The van der Waals surface area contributed by atoms with Crippen LogP contribution in [0.15, 0.2) is 58.1 Å². The zero-order chi connectivity index (χ0) is 22.2. The fourth-order valence-electron chi connectivity index (χ4n) is 3.92. The first-order valence-corrected chi connectivity index (χ1v) is 12.0. The second-order valence-corrected chi connectivity index (χ2v) is 10.4. The van der Waals surface area contributed by atoms with Crippen molar-refractivity contribution in [3.63, 3.8) is 0 Å². The van der Waals surface area contributed by atoms with Crippen LogP contribution in [0.5, 0.6) is 0 Å². The number of thiophene rings is 1. The molecule has 0 spiro atoms. The van der Waals surface area contributed by atoms with Gasteiger partial charge in [0.1, 0.15) is 4.21 Å². The summed E-state index contributed by atoms with van der Waals surface area (Å²) in [6.07, 6.45) is -2.88. The molecule has 1 aliphatic carbocycles. The van der Waals surface area contributed by atoms with E-state index in [2.05, 4.69) is 4.72 Å². The molecule has 3 aromatic rings. The van der Waals surface area contributed by atoms with Crippen LogP contribution in [0.25, 0.3) is 0 Å². The monoisotopic (exact) mass is 467 g/mol. The minimum absolute atomic E-state index is 0.217. The third-order valence-electron chi connectivity index (χ3n) is 5.31. The van der Waals surface area contributed by atoms with Crippen LogP contribution >= 0.6 is 11.3 Å². The van der Waals surface area contributed by atoms with Crippen molar-refractivity contribution in [2.45, 2.75) is 42.3 Å². The maximum Gasteiger partial charge on any atom is 0.416 e. The van der Waals surface area contributed by atoms with E-state index in [0.717, 1.165) is 40.2 Å². The molecule has 164 valence electrons. The Kier molecular flexibility index (Phi) is 5.95. The predicted octanol–water partition coefficient (Wildman–Crippen LogP) is 4.82. The molecular weight excluding hydrogens is 447 g/mol. The van der Waals surface area contributed by atoms with Crippen molar-refractivity contribution in [2.24, 2.45) is 0 Å². The number of aliphatic hydroxyl groups is 1. The van der Waals surface area contributed by atoms with E-state index in [-0.39, 0.29) is 22.2 Å². The average molecular weight is 468 g/mol. The normalized spacial score (nSPS) is 16.5. The van der Waals surface area contributed by atoms with Gasteiger partial charge in [-0.2, -0.15) is 13.2 Å². The quantitative estimate of drug-likeness (QED) is 0.547. The molecule has 0 fully saturated rings. The molecule has 4 nitrogen and oxygen atoms in total. The van der Waals surface area contributed by atoms with E-state index in [1.807, 2.05) is 18.2 Å². The van der Waals surface area contributed by atoms with Crippen LogP contribution in [-0.2, 0) is 35.6 Å². The van der Waals surface area contributed by atoms with Gasteiger partial charge >= 0.3 is 6.18 Å². The van der Waals surface area contributed by atoms with Crippen LogP contribution in [0.1, 0.15) is 45.8 Å². The molecule has 31 heavy (non-hydrogen) atoms. The number of sulfonamides is 1. The Morgan fingerprint density at radius 1 is 1.06 bits per heavy atom.